The molecule has 0 saturated carbocycles. The number of hydrogen-bond acceptors (Lipinski definition) is 7. The van der Waals surface area contributed by atoms with E-state index in [2.05, 4.69) is 30.7 Å². The molecule has 1 aromatic carbocycles. The minimum absolute atomic E-state index is 0.121. The number of nitrogens with zero attached hydrogens (tertiary/aromatic N) is 3. The first-order chi connectivity index (χ1) is 14.9. The molecule has 8 heteroatoms. The molecular formula is C23H37N3O4S. The van der Waals surface area contributed by atoms with E-state index < -0.39 is 0 Å². The van der Waals surface area contributed by atoms with Gasteiger partial charge in [-0.05, 0) is 31.0 Å². The number of esters is 1. The van der Waals surface area contributed by atoms with Crippen LogP contribution in [-0.4, -0.2) is 66.3 Å². The highest BCUT2D eigenvalue weighted by molar-refractivity contribution is 7.99. The Bertz CT molecular complexity index is 708. The van der Waals surface area contributed by atoms with Crippen LogP contribution in [-0.2, 0) is 16.1 Å². The van der Waals surface area contributed by atoms with Crippen LogP contribution in [0.25, 0.3) is 0 Å². The average Bonchev–Trinajstić information content (AvgIpc) is 2.76. The lowest BCUT2D eigenvalue weighted by Crippen LogP contribution is -2.43. The first-order valence-electron chi connectivity index (χ1n) is 11.4. The van der Waals surface area contributed by atoms with Gasteiger partial charge in [-0.3, -0.25) is 19.8 Å². The van der Waals surface area contributed by atoms with Crippen molar-refractivity contribution in [3.05, 3.63) is 33.9 Å². The normalized spacial score (nSPS) is 16.2. The van der Waals surface area contributed by atoms with E-state index in [1.54, 1.807) is 6.07 Å². The molecule has 0 radical (unpaired) electrons. The maximum atomic E-state index is 12.1. The number of thioether (sulfide) groups is 1. The van der Waals surface area contributed by atoms with E-state index in [1.165, 1.54) is 11.8 Å². The van der Waals surface area contributed by atoms with Gasteiger partial charge < -0.3 is 9.64 Å². The molecule has 0 aromatic heterocycles. The number of nitro benzene ring substituents is 1. The minimum Gasteiger partial charge on any atom is -0.465 e. The molecule has 2 rings (SSSR count). The number of benzene rings is 1. The highest BCUT2D eigenvalue weighted by Gasteiger charge is 2.19. The van der Waals surface area contributed by atoms with Crippen molar-refractivity contribution in [3.8, 4) is 0 Å². The van der Waals surface area contributed by atoms with Crippen LogP contribution in [0.5, 0.6) is 0 Å². The van der Waals surface area contributed by atoms with Gasteiger partial charge in [0.15, 0.2) is 0 Å². The van der Waals surface area contributed by atoms with Crippen molar-refractivity contribution in [3.63, 3.8) is 0 Å². The van der Waals surface area contributed by atoms with Gasteiger partial charge in [-0.25, -0.2) is 0 Å². The molecule has 31 heavy (non-hydrogen) atoms. The Morgan fingerprint density at radius 2 is 2.00 bits per heavy atom. The maximum Gasteiger partial charge on any atom is 0.306 e. The molecule has 1 saturated heterocycles. The quantitative estimate of drug-likeness (QED) is 0.188. The number of rotatable bonds is 13. The van der Waals surface area contributed by atoms with Crippen LogP contribution < -0.4 is 0 Å². The lowest BCUT2D eigenvalue weighted by atomic mass is 10.0. The number of ether oxygens (including phenoxy) is 1. The molecule has 1 unspecified atom stereocenters. The summed E-state index contributed by atoms with van der Waals surface area (Å²) in [7, 11) is 2.11. The minimum atomic E-state index is -0.326. The van der Waals surface area contributed by atoms with Gasteiger partial charge in [0, 0.05) is 44.5 Å². The van der Waals surface area contributed by atoms with E-state index >= 15 is 0 Å². The lowest BCUT2D eigenvalue weighted by Gasteiger charge is -2.32. The third-order valence-corrected chi connectivity index (χ3v) is 6.87. The summed E-state index contributed by atoms with van der Waals surface area (Å²) < 4.78 is 5.42. The molecule has 1 fully saturated rings. The summed E-state index contributed by atoms with van der Waals surface area (Å²) >= 11 is 1.35. The number of hydrogen-bond donors (Lipinski definition) is 0. The van der Waals surface area contributed by atoms with Crippen LogP contribution in [0.15, 0.2) is 23.1 Å². The topological polar surface area (TPSA) is 75.9 Å². The maximum absolute atomic E-state index is 12.1. The predicted molar refractivity (Wildman–Crippen MR) is 125 cm³/mol. The van der Waals surface area contributed by atoms with Crippen molar-refractivity contribution in [2.45, 2.75) is 57.4 Å². The molecule has 1 aliphatic heterocycles. The van der Waals surface area contributed by atoms with Gasteiger partial charge in [-0.2, -0.15) is 0 Å². The van der Waals surface area contributed by atoms with Crippen LogP contribution in [0.1, 0.15) is 51.5 Å². The molecule has 0 amide bonds. The van der Waals surface area contributed by atoms with E-state index in [-0.39, 0.29) is 23.0 Å². The third-order valence-electron chi connectivity index (χ3n) is 5.81. The number of carbonyl (C=O) groups excluding carboxylic acids is 1. The number of carbonyl (C=O) groups is 1. The van der Waals surface area contributed by atoms with Crippen LogP contribution in [0.2, 0.25) is 0 Å². The van der Waals surface area contributed by atoms with Crippen LogP contribution in [0.4, 0.5) is 5.69 Å². The predicted octanol–water partition coefficient (Wildman–Crippen LogP) is 4.58. The first kappa shape index (κ1) is 25.6. The van der Waals surface area contributed by atoms with Crippen molar-refractivity contribution >= 4 is 23.4 Å². The largest absolute Gasteiger partial charge is 0.465 e. The van der Waals surface area contributed by atoms with E-state index in [0.717, 1.165) is 64.0 Å². The number of nitro groups is 1. The van der Waals surface area contributed by atoms with Gasteiger partial charge in [0.25, 0.3) is 5.69 Å². The number of likely N-dealkylation sites (N-methyl/N-ethyl adjacent to an activating group) is 1. The van der Waals surface area contributed by atoms with Gasteiger partial charge in [0.05, 0.1) is 22.8 Å². The molecule has 0 aliphatic carbocycles. The zero-order valence-electron chi connectivity index (χ0n) is 19.2. The van der Waals surface area contributed by atoms with E-state index in [1.807, 2.05) is 12.1 Å². The summed E-state index contributed by atoms with van der Waals surface area (Å²) in [6.45, 7) is 9.46. The second-order valence-corrected chi connectivity index (χ2v) is 9.47. The lowest BCUT2D eigenvalue weighted by molar-refractivity contribution is -0.387. The summed E-state index contributed by atoms with van der Waals surface area (Å²) in [6, 6.07) is 5.46. The van der Waals surface area contributed by atoms with E-state index in [4.69, 9.17) is 4.74 Å². The highest BCUT2D eigenvalue weighted by Crippen LogP contribution is 2.31. The molecular weight excluding hydrogens is 414 g/mol. The zero-order chi connectivity index (χ0) is 22.6. The van der Waals surface area contributed by atoms with E-state index in [0.29, 0.717) is 23.2 Å². The molecule has 1 atom stereocenters. The molecule has 0 spiro atoms. The fourth-order valence-electron chi connectivity index (χ4n) is 3.62. The Morgan fingerprint density at radius 1 is 1.26 bits per heavy atom. The summed E-state index contributed by atoms with van der Waals surface area (Å²) in [6.07, 6.45) is 4.65. The zero-order valence-corrected chi connectivity index (χ0v) is 20.0. The van der Waals surface area contributed by atoms with Crippen molar-refractivity contribution in [1.29, 1.82) is 0 Å². The molecule has 1 heterocycles. The van der Waals surface area contributed by atoms with Crippen LogP contribution in [0, 0.1) is 16.0 Å². The van der Waals surface area contributed by atoms with E-state index in [9.17, 15) is 14.9 Å². The first-order valence-corrected chi connectivity index (χ1v) is 12.4. The van der Waals surface area contributed by atoms with Crippen molar-refractivity contribution in [2.24, 2.45) is 5.92 Å². The SMILES string of the molecule is CCCCC(CC)COC(=O)CCSc1ccc(CN2CCN(C)CC2)cc1[N+](=O)[O-]. The van der Waals surface area contributed by atoms with Crippen molar-refractivity contribution < 1.29 is 14.5 Å². The second kappa shape index (κ2) is 13.7. The summed E-state index contributed by atoms with van der Waals surface area (Å²) in [5, 5.41) is 11.6. The molecule has 7 nitrogen and oxygen atoms in total. The van der Waals surface area contributed by atoms with Crippen molar-refractivity contribution in [2.75, 3.05) is 45.6 Å². The Hall–Kier alpha value is -1.64. The Kier molecular flexibility index (Phi) is 11.3. The third kappa shape index (κ3) is 9.17. The smallest absolute Gasteiger partial charge is 0.306 e. The summed E-state index contributed by atoms with van der Waals surface area (Å²) in [5.41, 5.74) is 1.08. The monoisotopic (exact) mass is 451 g/mol. The van der Waals surface area contributed by atoms with Gasteiger partial charge >= 0.3 is 5.97 Å². The molecule has 0 bridgehead atoms. The van der Waals surface area contributed by atoms with Gasteiger partial charge in [0.1, 0.15) is 0 Å². The fraction of sp³-hybridized carbons (Fsp3) is 0.696. The number of unbranched alkanes of at least 4 members (excludes halogenated alkanes) is 1. The fourth-order valence-corrected chi connectivity index (χ4v) is 4.55. The highest BCUT2D eigenvalue weighted by atomic mass is 32.2. The Balaban J connectivity index is 1.82. The van der Waals surface area contributed by atoms with Gasteiger partial charge in [-0.15, -0.1) is 11.8 Å². The molecule has 1 aliphatic rings. The second-order valence-electron chi connectivity index (χ2n) is 8.34. The molecule has 1 aromatic rings. The Morgan fingerprint density at radius 3 is 2.65 bits per heavy atom. The molecule has 0 N–H and O–H groups in total. The summed E-state index contributed by atoms with van der Waals surface area (Å²) in [5.74, 6) is 0.672. The van der Waals surface area contributed by atoms with Crippen LogP contribution >= 0.6 is 11.8 Å². The average molecular weight is 452 g/mol. The molecule has 174 valence electrons. The van der Waals surface area contributed by atoms with Gasteiger partial charge in [-0.1, -0.05) is 39.2 Å². The standard InChI is InChI=1S/C23H37N3O4S/c1-4-6-7-19(5-2)18-30-23(27)10-15-31-22-9-8-20(16-21(22)26(28)29)17-25-13-11-24(3)12-14-25/h8-9,16,19H,4-7,10-15,17-18H2,1-3H3. The summed E-state index contributed by atoms with van der Waals surface area (Å²) in [4.78, 5) is 28.5. The van der Waals surface area contributed by atoms with Crippen LogP contribution in [0.3, 0.4) is 0 Å². The Labute approximate surface area is 190 Å². The van der Waals surface area contributed by atoms with Crippen molar-refractivity contribution in [1.82, 2.24) is 9.80 Å². The number of piperazine rings is 1. The van der Waals surface area contributed by atoms with Gasteiger partial charge in [0.2, 0.25) is 0 Å².